The van der Waals surface area contributed by atoms with Crippen molar-refractivity contribution < 1.29 is 14.0 Å². The van der Waals surface area contributed by atoms with E-state index in [2.05, 4.69) is 0 Å². The molecule has 1 aliphatic rings. The van der Waals surface area contributed by atoms with Crippen molar-refractivity contribution in [2.45, 2.75) is 19.8 Å². The van der Waals surface area contributed by atoms with Crippen LogP contribution in [0.1, 0.15) is 27.9 Å². The SMILES string of the molecule is Cc1ccc(C(=O)N2CCCN(C(=O)Cc3ccccc3F)CC2)cc1. The maximum Gasteiger partial charge on any atom is 0.253 e. The lowest BCUT2D eigenvalue weighted by Gasteiger charge is -2.22. The van der Waals surface area contributed by atoms with E-state index in [0.29, 0.717) is 37.3 Å². The molecule has 1 aliphatic heterocycles. The molecule has 0 aliphatic carbocycles. The van der Waals surface area contributed by atoms with Gasteiger partial charge in [0.25, 0.3) is 5.91 Å². The number of nitrogens with zero attached hydrogens (tertiary/aromatic N) is 2. The molecule has 0 N–H and O–H groups in total. The summed E-state index contributed by atoms with van der Waals surface area (Å²) in [6, 6.07) is 13.9. The number of carbonyl (C=O) groups excluding carboxylic acids is 2. The molecule has 0 spiro atoms. The van der Waals surface area contributed by atoms with Gasteiger partial charge in [-0.15, -0.1) is 0 Å². The fraction of sp³-hybridized carbons (Fsp3) is 0.333. The molecule has 2 amide bonds. The second-order valence-corrected chi connectivity index (χ2v) is 6.66. The van der Waals surface area contributed by atoms with Gasteiger partial charge in [0.15, 0.2) is 0 Å². The third-order valence-corrected chi connectivity index (χ3v) is 4.73. The van der Waals surface area contributed by atoms with Gasteiger partial charge in [0.05, 0.1) is 6.42 Å². The van der Waals surface area contributed by atoms with Crippen LogP contribution in [0.4, 0.5) is 4.39 Å². The number of amides is 2. The highest BCUT2D eigenvalue weighted by Crippen LogP contribution is 2.13. The summed E-state index contributed by atoms with van der Waals surface area (Å²) in [5.41, 5.74) is 2.19. The largest absolute Gasteiger partial charge is 0.341 e. The standard InChI is InChI=1S/C21H23FN2O2/c1-16-7-9-17(10-8-16)21(26)24-12-4-11-23(13-14-24)20(25)15-18-5-2-3-6-19(18)22/h2-3,5-10H,4,11-15H2,1H3. The van der Waals surface area contributed by atoms with Crippen molar-refractivity contribution in [1.29, 1.82) is 0 Å². The molecule has 2 aromatic rings. The molecule has 4 nitrogen and oxygen atoms in total. The van der Waals surface area contributed by atoms with E-state index in [1.54, 1.807) is 28.0 Å². The molecule has 0 bridgehead atoms. The second-order valence-electron chi connectivity index (χ2n) is 6.66. The zero-order valence-electron chi connectivity index (χ0n) is 15.0. The Hall–Kier alpha value is -2.69. The molecule has 0 saturated carbocycles. The molecule has 0 aromatic heterocycles. The average molecular weight is 354 g/mol. The van der Waals surface area contributed by atoms with Gasteiger partial charge in [0, 0.05) is 31.7 Å². The number of rotatable bonds is 3. The Morgan fingerprint density at radius 3 is 2.31 bits per heavy atom. The van der Waals surface area contributed by atoms with Gasteiger partial charge in [0.1, 0.15) is 5.82 Å². The highest BCUT2D eigenvalue weighted by atomic mass is 19.1. The molecule has 26 heavy (non-hydrogen) atoms. The normalized spacial score (nSPS) is 14.8. The Kier molecular flexibility index (Phi) is 5.66. The van der Waals surface area contributed by atoms with Crippen LogP contribution in [0.25, 0.3) is 0 Å². The number of hydrogen-bond donors (Lipinski definition) is 0. The molecule has 0 atom stereocenters. The van der Waals surface area contributed by atoms with Crippen molar-refractivity contribution in [1.82, 2.24) is 9.80 Å². The topological polar surface area (TPSA) is 40.6 Å². The Bertz CT molecular complexity index is 789. The summed E-state index contributed by atoms with van der Waals surface area (Å²) in [7, 11) is 0. The first-order chi connectivity index (χ1) is 12.5. The maximum atomic E-state index is 13.8. The fourth-order valence-corrected chi connectivity index (χ4v) is 3.17. The Morgan fingerprint density at radius 2 is 1.58 bits per heavy atom. The molecule has 1 heterocycles. The third-order valence-electron chi connectivity index (χ3n) is 4.73. The van der Waals surface area contributed by atoms with Crippen LogP contribution in [0.3, 0.4) is 0 Å². The summed E-state index contributed by atoms with van der Waals surface area (Å²) in [6.45, 7) is 4.17. The van der Waals surface area contributed by atoms with Crippen LogP contribution in [0.15, 0.2) is 48.5 Å². The zero-order chi connectivity index (χ0) is 18.5. The van der Waals surface area contributed by atoms with E-state index in [0.717, 1.165) is 12.0 Å². The molecule has 0 radical (unpaired) electrons. The molecular formula is C21H23FN2O2. The minimum absolute atomic E-state index is 0.00611. The Labute approximate surface area is 153 Å². The van der Waals surface area contributed by atoms with E-state index in [4.69, 9.17) is 0 Å². The second kappa shape index (κ2) is 8.13. The molecular weight excluding hydrogens is 331 g/mol. The van der Waals surface area contributed by atoms with Crippen molar-refractivity contribution in [3.63, 3.8) is 0 Å². The van der Waals surface area contributed by atoms with Gasteiger partial charge in [-0.1, -0.05) is 35.9 Å². The molecule has 1 saturated heterocycles. The van der Waals surface area contributed by atoms with E-state index < -0.39 is 0 Å². The lowest BCUT2D eigenvalue weighted by Crippen LogP contribution is -2.38. The quantitative estimate of drug-likeness (QED) is 0.850. The predicted molar refractivity (Wildman–Crippen MR) is 98.4 cm³/mol. The lowest BCUT2D eigenvalue weighted by atomic mass is 10.1. The van der Waals surface area contributed by atoms with Crippen molar-refractivity contribution in [3.05, 3.63) is 71.0 Å². The zero-order valence-corrected chi connectivity index (χ0v) is 15.0. The van der Waals surface area contributed by atoms with E-state index in [-0.39, 0.29) is 24.1 Å². The van der Waals surface area contributed by atoms with Gasteiger partial charge in [-0.2, -0.15) is 0 Å². The van der Waals surface area contributed by atoms with Crippen LogP contribution in [-0.4, -0.2) is 47.8 Å². The highest BCUT2D eigenvalue weighted by molar-refractivity contribution is 5.94. The molecule has 1 fully saturated rings. The van der Waals surface area contributed by atoms with Gasteiger partial charge in [-0.05, 0) is 37.1 Å². The van der Waals surface area contributed by atoms with Crippen molar-refractivity contribution in [3.8, 4) is 0 Å². The van der Waals surface area contributed by atoms with Crippen LogP contribution in [-0.2, 0) is 11.2 Å². The number of benzene rings is 2. The fourth-order valence-electron chi connectivity index (χ4n) is 3.17. The maximum absolute atomic E-state index is 13.8. The first kappa shape index (κ1) is 18.1. The van der Waals surface area contributed by atoms with Crippen LogP contribution in [0, 0.1) is 12.7 Å². The van der Waals surface area contributed by atoms with Gasteiger partial charge in [-0.25, -0.2) is 4.39 Å². The summed E-state index contributed by atoms with van der Waals surface area (Å²) in [4.78, 5) is 28.7. The van der Waals surface area contributed by atoms with Crippen LogP contribution in [0.5, 0.6) is 0 Å². The van der Waals surface area contributed by atoms with Crippen molar-refractivity contribution in [2.75, 3.05) is 26.2 Å². The van der Waals surface area contributed by atoms with Gasteiger partial charge >= 0.3 is 0 Å². The third kappa shape index (κ3) is 4.28. The van der Waals surface area contributed by atoms with E-state index in [1.165, 1.54) is 6.07 Å². The number of hydrogen-bond acceptors (Lipinski definition) is 2. The van der Waals surface area contributed by atoms with E-state index >= 15 is 0 Å². The van der Waals surface area contributed by atoms with Crippen LogP contribution >= 0.6 is 0 Å². The Balaban J connectivity index is 1.61. The van der Waals surface area contributed by atoms with Gasteiger partial charge in [0.2, 0.25) is 5.91 Å². The summed E-state index contributed by atoms with van der Waals surface area (Å²) in [6.07, 6.45) is 0.777. The van der Waals surface area contributed by atoms with Crippen molar-refractivity contribution in [2.24, 2.45) is 0 Å². The minimum atomic E-state index is -0.355. The average Bonchev–Trinajstić information content (AvgIpc) is 2.90. The number of aryl methyl sites for hydroxylation is 1. The minimum Gasteiger partial charge on any atom is -0.341 e. The lowest BCUT2D eigenvalue weighted by molar-refractivity contribution is -0.130. The first-order valence-corrected chi connectivity index (χ1v) is 8.92. The van der Waals surface area contributed by atoms with Crippen molar-refractivity contribution >= 4 is 11.8 Å². The predicted octanol–water partition coefficient (Wildman–Crippen LogP) is 3.05. The van der Waals surface area contributed by atoms with Crippen LogP contribution in [0.2, 0.25) is 0 Å². The molecule has 5 heteroatoms. The van der Waals surface area contributed by atoms with Gasteiger partial charge < -0.3 is 9.80 Å². The van der Waals surface area contributed by atoms with Gasteiger partial charge in [-0.3, -0.25) is 9.59 Å². The molecule has 3 rings (SSSR count). The Morgan fingerprint density at radius 1 is 0.923 bits per heavy atom. The summed E-state index contributed by atoms with van der Waals surface area (Å²) in [5.74, 6) is -0.458. The summed E-state index contributed by atoms with van der Waals surface area (Å²) in [5, 5.41) is 0. The number of halogens is 1. The molecule has 0 unspecified atom stereocenters. The summed E-state index contributed by atoms with van der Waals surface area (Å²) < 4.78 is 13.8. The summed E-state index contributed by atoms with van der Waals surface area (Å²) >= 11 is 0. The smallest absolute Gasteiger partial charge is 0.253 e. The van der Waals surface area contributed by atoms with E-state index in [9.17, 15) is 14.0 Å². The number of carbonyl (C=O) groups is 2. The van der Waals surface area contributed by atoms with E-state index in [1.807, 2.05) is 31.2 Å². The monoisotopic (exact) mass is 354 g/mol. The van der Waals surface area contributed by atoms with Crippen LogP contribution < -0.4 is 0 Å². The molecule has 2 aromatic carbocycles. The highest BCUT2D eigenvalue weighted by Gasteiger charge is 2.23. The first-order valence-electron chi connectivity index (χ1n) is 8.92. The molecule has 136 valence electrons.